The van der Waals surface area contributed by atoms with Crippen molar-refractivity contribution in [2.24, 2.45) is 0 Å². The summed E-state index contributed by atoms with van der Waals surface area (Å²) >= 11 is 6.01. The monoisotopic (exact) mass is 368 g/mol. The summed E-state index contributed by atoms with van der Waals surface area (Å²) in [7, 11) is 2.93. The largest absolute Gasteiger partial charge is 0.495 e. The molecule has 0 aliphatic carbocycles. The van der Waals surface area contributed by atoms with Gasteiger partial charge in [0.2, 0.25) is 0 Å². The number of rotatable bonds is 7. The summed E-state index contributed by atoms with van der Waals surface area (Å²) in [5, 5.41) is 5.59. The third-order valence-electron chi connectivity index (χ3n) is 3.20. The Morgan fingerprint density at radius 2 is 1.84 bits per heavy atom. The van der Waals surface area contributed by atoms with E-state index in [1.807, 2.05) is 0 Å². The van der Waals surface area contributed by atoms with Crippen molar-refractivity contribution in [1.82, 2.24) is 5.32 Å². The Hall–Kier alpha value is -2.67. The maximum atomic E-state index is 13.4. The van der Waals surface area contributed by atoms with E-state index in [2.05, 4.69) is 10.6 Å². The zero-order valence-electron chi connectivity index (χ0n) is 13.8. The molecular formula is C17H18ClFN2O4. The van der Waals surface area contributed by atoms with Gasteiger partial charge in [0.25, 0.3) is 0 Å². The van der Waals surface area contributed by atoms with E-state index < -0.39 is 11.8 Å². The van der Waals surface area contributed by atoms with Crippen LogP contribution in [-0.2, 0) is 0 Å². The lowest BCUT2D eigenvalue weighted by Crippen LogP contribution is -2.32. The zero-order chi connectivity index (χ0) is 18.2. The topological polar surface area (TPSA) is 68.8 Å². The summed E-state index contributed by atoms with van der Waals surface area (Å²) in [6, 6.07) is 8.67. The maximum Gasteiger partial charge on any atom is 0.319 e. The molecule has 0 radical (unpaired) electrons. The van der Waals surface area contributed by atoms with Crippen LogP contribution in [0.4, 0.5) is 14.9 Å². The molecule has 134 valence electrons. The van der Waals surface area contributed by atoms with E-state index in [-0.39, 0.29) is 18.9 Å². The van der Waals surface area contributed by atoms with Crippen LogP contribution >= 0.6 is 11.6 Å². The van der Waals surface area contributed by atoms with E-state index in [0.717, 1.165) is 0 Å². The number of para-hydroxylation sites is 1. The normalized spacial score (nSPS) is 10.1. The van der Waals surface area contributed by atoms with Crippen molar-refractivity contribution in [3.63, 3.8) is 0 Å². The second-order valence-corrected chi connectivity index (χ2v) is 5.25. The highest BCUT2D eigenvalue weighted by Gasteiger charge is 2.12. The van der Waals surface area contributed by atoms with Crippen LogP contribution in [0.2, 0.25) is 5.02 Å². The molecule has 0 bridgehead atoms. The van der Waals surface area contributed by atoms with Gasteiger partial charge < -0.3 is 24.8 Å². The number of nitrogens with one attached hydrogen (secondary N) is 2. The van der Waals surface area contributed by atoms with E-state index in [1.54, 1.807) is 18.2 Å². The van der Waals surface area contributed by atoms with Gasteiger partial charge in [0.1, 0.15) is 18.1 Å². The first-order valence-corrected chi connectivity index (χ1v) is 7.76. The van der Waals surface area contributed by atoms with E-state index in [4.69, 9.17) is 25.8 Å². The number of anilines is 1. The molecule has 6 nitrogen and oxygen atoms in total. The predicted molar refractivity (Wildman–Crippen MR) is 93.5 cm³/mol. The van der Waals surface area contributed by atoms with Crippen molar-refractivity contribution >= 4 is 23.3 Å². The highest BCUT2D eigenvalue weighted by Crippen LogP contribution is 2.35. The van der Waals surface area contributed by atoms with Crippen LogP contribution in [0, 0.1) is 5.82 Å². The zero-order valence-corrected chi connectivity index (χ0v) is 14.5. The molecule has 2 N–H and O–H groups in total. The molecule has 2 aromatic rings. The number of carbonyl (C=O) groups is 1. The fourth-order valence-electron chi connectivity index (χ4n) is 2.01. The summed E-state index contributed by atoms with van der Waals surface area (Å²) in [4.78, 5) is 12.0. The lowest BCUT2D eigenvalue weighted by molar-refractivity contribution is 0.246. The van der Waals surface area contributed by atoms with Crippen molar-refractivity contribution in [2.45, 2.75) is 0 Å². The third kappa shape index (κ3) is 5.15. The van der Waals surface area contributed by atoms with Crippen molar-refractivity contribution in [3.8, 4) is 17.2 Å². The molecule has 0 saturated carbocycles. The highest BCUT2D eigenvalue weighted by atomic mass is 35.5. The molecule has 2 aromatic carbocycles. The number of ether oxygens (including phenoxy) is 3. The Morgan fingerprint density at radius 3 is 2.52 bits per heavy atom. The molecule has 0 atom stereocenters. The molecule has 0 fully saturated rings. The first-order chi connectivity index (χ1) is 12.0. The number of hydrogen-bond acceptors (Lipinski definition) is 4. The molecule has 0 aromatic heterocycles. The molecule has 25 heavy (non-hydrogen) atoms. The van der Waals surface area contributed by atoms with Gasteiger partial charge in [-0.15, -0.1) is 0 Å². The summed E-state index contributed by atoms with van der Waals surface area (Å²) in [6.45, 7) is 0.308. The van der Waals surface area contributed by atoms with Gasteiger partial charge in [-0.2, -0.15) is 0 Å². The fraction of sp³-hybridized carbons (Fsp3) is 0.235. The van der Waals surface area contributed by atoms with Crippen LogP contribution in [0.15, 0.2) is 36.4 Å². The number of urea groups is 1. The smallest absolute Gasteiger partial charge is 0.319 e. The molecule has 0 saturated heterocycles. The molecule has 0 spiro atoms. The average molecular weight is 369 g/mol. The number of halogens is 2. The van der Waals surface area contributed by atoms with Gasteiger partial charge in [-0.25, -0.2) is 9.18 Å². The Kier molecular flexibility index (Phi) is 6.71. The highest BCUT2D eigenvalue weighted by molar-refractivity contribution is 6.32. The van der Waals surface area contributed by atoms with Crippen LogP contribution in [0.1, 0.15) is 0 Å². The molecule has 0 heterocycles. The minimum Gasteiger partial charge on any atom is -0.495 e. The number of carbonyl (C=O) groups excluding carboxylic acids is 1. The van der Waals surface area contributed by atoms with E-state index in [0.29, 0.717) is 22.2 Å². The first-order valence-electron chi connectivity index (χ1n) is 7.39. The van der Waals surface area contributed by atoms with Gasteiger partial charge in [-0.1, -0.05) is 23.7 Å². The van der Waals surface area contributed by atoms with E-state index >= 15 is 0 Å². The van der Waals surface area contributed by atoms with Gasteiger partial charge in [-0.05, 0) is 12.1 Å². The third-order valence-corrected chi connectivity index (χ3v) is 3.50. The number of benzene rings is 2. The Morgan fingerprint density at radius 1 is 1.12 bits per heavy atom. The lowest BCUT2D eigenvalue weighted by atomic mass is 10.2. The molecule has 2 amide bonds. The number of methoxy groups -OCH3 is 2. The second kappa shape index (κ2) is 8.98. The Labute approximate surface area is 149 Å². The van der Waals surface area contributed by atoms with Crippen LogP contribution in [0.5, 0.6) is 17.2 Å². The van der Waals surface area contributed by atoms with Crippen LogP contribution < -0.4 is 24.8 Å². The van der Waals surface area contributed by atoms with Gasteiger partial charge >= 0.3 is 6.03 Å². The van der Waals surface area contributed by atoms with Crippen LogP contribution in [-0.4, -0.2) is 33.4 Å². The first kappa shape index (κ1) is 18.7. The van der Waals surface area contributed by atoms with E-state index in [1.165, 1.54) is 32.4 Å². The standard InChI is InChI=1S/C17H18ClFN2O4/c1-23-15-10-13(16(24-2)9-11(15)18)21-17(22)20-7-8-25-14-6-4-3-5-12(14)19/h3-6,9-10H,7-8H2,1-2H3,(H2,20,21,22). The van der Waals surface area contributed by atoms with E-state index in [9.17, 15) is 9.18 Å². The SMILES string of the molecule is COc1cc(NC(=O)NCCOc2ccccc2F)c(OC)cc1Cl. The molecule has 8 heteroatoms. The van der Waals surface area contributed by atoms with Crippen molar-refractivity contribution < 1.29 is 23.4 Å². The average Bonchev–Trinajstić information content (AvgIpc) is 2.61. The van der Waals surface area contributed by atoms with Crippen molar-refractivity contribution in [3.05, 3.63) is 47.2 Å². The minimum atomic E-state index is -0.472. The van der Waals surface area contributed by atoms with Gasteiger partial charge in [0.05, 0.1) is 31.5 Å². The number of hydrogen-bond donors (Lipinski definition) is 2. The summed E-state index contributed by atoms with van der Waals surface area (Å²) < 4.78 is 28.9. The van der Waals surface area contributed by atoms with Crippen molar-refractivity contribution in [1.29, 1.82) is 0 Å². The summed E-state index contributed by atoms with van der Waals surface area (Å²) in [5.74, 6) is 0.475. The van der Waals surface area contributed by atoms with Gasteiger partial charge in [-0.3, -0.25) is 0 Å². The van der Waals surface area contributed by atoms with Crippen LogP contribution in [0.3, 0.4) is 0 Å². The van der Waals surface area contributed by atoms with Crippen molar-refractivity contribution in [2.75, 3.05) is 32.7 Å². The Balaban J connectivity index is 1.87. The summed E-state index contributed by atoms with van der Waals surface area (Å²) in [5.41, 5.74) is 0.399. The molecular weight excluding hydrogens is 351 g/mol. The van der Waals surface area contributed by atoms with Crippen LogP contribution in [0.25, 0.3) is 0 Å². The fourth-order valence-corrected chi connectivity index (χ4v) is 2.24. The minimum absolute atomic E-state index is 0.120. The quantitative estimate of drug-likeness (QED) is 0.731. The maximum absolute atomic E-state index is 13.4. The Bertz CT molecular complexity index is 743. The lowest BCUT2D eigenvalue weighted by Gasteiger charge is -2.14. The molecule has 0 aliphatic heterocycles. The van der Waals surface area contributed by atoms with Gasteiger partial charge in [0, 0.05) is 12.1 Å². The molecule has 2 rings (SSSR count). The molecule has 0 unspecified atom stereocenters. The van der Waals surface area contributed by atoms with Gasteiger partial charge in [0.15, 0.2) is 11.6 Å². The molecule has 0 aliphatic rings. The predicted octanol–water partition coefficient (Wildman–Crippen LogP) is 3.70. The second-order valence-electron chi connectivity index (χ2n) is 4.85. The number of amides is 2. The summed E-state index contributed by atoms with van der Waals surface area (Å²) in [6.07, 6.45) is 0.